The van der Waals surface area contributed by atoms with E-state index >= 15 is 0 Å². The summed E-state index contributed by atoms with van der Waals surface area (Å²) in [5.74, 6) is -0.204. The number of thiazole rings is 1. The van der Waals surface area contributed by atoms with Gasteiger partial charge in [0, 0.05) is 16.6 Å². The number of nitrogens with zero attached hydrogens (tertiary/aromatic N) is 1. The fourth-order valence-electron chi connectivity index (χ4n) is 1.51. The highest BCUT2D eigenvalue weighted by atomic mass is 32.1. The summed E-state index contributed by atoms with van der Waals surface area (Å²) < 4.78 is 0. The van der Waals surface area contributed by atoms with Gasteiger partial charge in [-0.1, -0.05) is 12.1 Å². The molecule has 0 atom stereocenters. The van der Waals surface area contributed by atoms with Crippen molar-refractivity contribution < 1.29 is 4.79 Å². The maximum atomic E-state index is 11.7. The van der Waals surface area contributed by atoms with Crippen LogP contribution in [0.15, 0.2) is 29.6 Å². The van der Waals surface area contributed by atoms with Gasteiger partial charge < -0.3 is 11.1 Å². The van der Waals surface area contributed by atoms with E-state index < -0.39 is 5.54 Å². The number of rotatable bonds is 3. The Balaban J connectivity index is 2.13. The summed E-state index contributed by atoms with van der Waals surface area (Å²) in [6, 6.07) is 7.59. The second kappa shape index (κ2) is 5.11. The van der Waals surface area contributed by atoms with Crippen molar-refractivity contribution >= 4 is 22.9 Å². The summed E-state index contributed by atoms with van der Waals surface area (Å²) in [7, 11) is 0. The number of hydrogen-bond acceptors (Lipinski definition) is 4. The van der Waals surface area contributed by atoms with Gasteiger partial charge in [-0.05, 0) is 32.9 Å². The number of benzene rings is 1. The van der Waals surface area contributed by atoms with Gasteiger partial charge in [-0.15, -0.1) is 11.3 Å². The SMILES string of the molecule is Cc1nc(-c2ccc(NC(=O)C(C)(C)N)cc2)cs1. The topological polar surface area (TPSA) is 68.0 Å². The molecule has 0 aliphatic carbocycles. The molecule has 0 radical (unpaired) electrons. The average Bonchev–Trinajstić information content (AvgIpc) is 2.75. The van der Waals surface area contributed by atoms with Crippen molar-refractivity contribution in [2.24, 2.45) is 5.73 Å². The van der Waals surface area contributed by atoms with E-state index in [1.165, 1.54) is 0 Å². The molecule has 0 saturated carbocycles. The predicted molar refractivity (Wildman–Crippen MR) is 79.2 cm³/mol. The van der Waals surface area contributed by atoms with Crippen LogP contribution in [0.25, 0.3) is 11.3 Å². The number of anilines is 1. The Morgan fingerprint density at radius 2 is 1.95 bits per heavy atom. The van der Waals surface area contributed by atoms with Crippen LogP contribution in [0.5, 0.6) is 0 Å². The van der Waals surface area contributed by atoms with Gasteiger partial charge in [-0.2, -0.15) is 0 Å². The van der Waals surface area contributed by atoms with Crippen LogP contribution in [0.4, 0.5) is 5.69 Å². The van der Waals surface area contributed by atoms with E-state index in [4.69, 9.17) is 5.73 Å². The molecule has 0 aliphatic heterocycles. The lowest BCUT2D eigenvalue weighted by Crippen LogP contribution is -2.45. The van der Waals surface area contributed by atoms with Crippen LogP contribution in [0, 0.1) is 6.92 Å². The zero-order valence-electron chi connectivity index (χ0n) is 11.2. The first-order chi connectivity index (χ1) is 8.86. The van der Waals surface area contributed by atoms with Gasteiger partial charge >= 0.3 is 0 Å². The van der Waals surface area contributed by atoms with Gasteiger partial charge in [-0.3, -0.25) is 4.79 Å². The van der Waals surface area contributed by atoms with E-state index in [0.29, 0.717) is 0 Å². The minimum atomic E-state index is -0.884. The lowest BCUT2D eigenvalue weighted by Gasteiger charge is -2.17. The lowest BCUT2D eigenvalue weighted by molar-refractivity contribution is -0.120. The number of carbonyl (C=O) groups excluding carboxylic acids is 1. The Kier molecular flexibility index (Phi) is 3.68. The first kappa shape index (κ1) is 13.7. The van der Waals surface area contributed by atoms with Crippen molar-refractivity contribution in [1.82, 2.24) is 4.98 Å². The summed E-state index contributed by atoms with van der Waals surface area (Å²) in [6.45, 7) is 5.33. The molecule has 0 bridgehead atoms. The molecule has 0 fully saturated rings. The number of nitrogens with one attached hydrogen (secondary N) is 1. The first-order valence-corrected chi connectivity index (χ1v) is 6.87. The summed E-state index contributed by atoms with van der Waals surface area (Å²) in [6.07, 6.45) is 0. The van der Waals surface area contributed by atoms with Gasteiger partial charge in [0.2, 0.25) is 5.91 Å². The van der Waals surface area contributed by atoms with Gasteiger partial charge in [0.15, 0.2) is 0 Å². The summed E-state index contributed by atoms with van der Waals surface area (Å²) in [5, 5.41) is 5.84. The fraction of sp³-hybridized carbons (Fsp3) is 0.286. The van der Waals surface area contributed by atoms with E-state index in [9.17, 15) is 4.79 Å². The molecule has 0 spiro atoms. The molecule has 0 unspecified atom stereocenters. The Morgan fingerprint density at radius 3 is 2.42 bits per heavy atom. The lowest BCUT2D eigenvalue weighted by atomic mass is 10.1. The van der Waals surface area contributed by atoms with E-state index in [1.54, 1.807) is 25.2 Å². The van der Waals surface area contributed by atoms with Crippen molar-refractivity contribution in [2.45, 2.75) is 26.3 Å². The standard InChI is InChI=1S/C14H17N3OS/c1-9-16-12(8-19-9)10-4-6-11(7-5-10)17-13(18)14(2,3)15/h4-8H,15H2,1-3H3,(H,17,18). The Bertz CT molecular complexity index is 581. The number of nitrogens with two attached hydrogens (primary N) is 1. The van der Waals surface area contributed by atoms with Crippen LogP contribution in [-0.2, 0) is 4.79 Å². The van der Waals surface area contributed by atoms with Crippen LogP contribution in [0.3, 0.4) is 0 Å². The molecule has 0 saturated heterocycles. The number of aryl methyl sites for hydroxylation is 1. The van der Waals surface area contributed by atoms with Gasteiger partial charge in [0.1, 0.15) is 0 Å². The van der Waals surface area contributed by atoms with E-state index in [1.807, 2.05) is 36.6 Å². The van der Waals surface area contributed by atoms with Crippen molar-refractivity contribution in [3.63, 3.8) is 0 Å². The minimum Gasteiger partial charge on any atom is -0.325 e. The third kappa shape index (κ3) is 3.39. The van der Waals surface area contributed by atoms with Crippen molar-refractivity contribution in [3.8, 4) is 11.3 Å². The van der Waals surface area contributed by atoms with Crippen molar-refractivity contribution in [3.05, 3.63) is 34.7 Å². The molecule has 0 aliphatic rings. The first-order valence-electron chi connectivity index (χ1n) is 5.99. The molecular formula is C14H17N3OS. The molecule has 1 aromatic carbocycles. The van der Waals surface area contributed by atoms with Crippen molar-refractivity contribution in [1.29, 1.82) is 0 Å². The number of hydrogen-bond donors (Lipinski definition) is 2. The molecule has 2 aromatic rings. The van der Waals surface area contributed by atoms with Crippen LogP contribution < -0.4 is 11.1 Å². The van der Waals surface area contributed by atoms with Crippen molar-refractivity contribution in [2.75, 3.05) is 5.32 Å². The fourth-order valence-corrected chi connectivity index (χ4v) is 2.13. The third-order valence-electron chi connectivity index (χ3n) is 2.64. The highest BCUT2D eigenvalue weighted by Gasteiger charge is 2.21. The molecule has 1 amide bonds. The molecule has 19 heavy (non-hydrogen) atoms. The third-order valence-corrected chi connectivity index (χ3v) is 3.42. The Morgan fingerprint density at radius 1 is 1.32 bits per heavy atom. The zero-order valence-corrected chi connectivity index (χ0v) is 12.0. The molecule has 100 valence electrons. The van der Waals surface area contributed by atoms with E-state index in [0.717, 1.165) is 22.0 Å². The highest BCUT2D eigenvalue weighted by molar-refractivity contribution is 7.09. The van der Waals surface area contributed by atoms with E-state index in [2.05, 4.69) is 10.3 Å². The monoisotopic (exact) mass is 275 g/mol. The molecular weight excluding hydrogens is 258 g/mol. The quantitative estimate of drug-likeness (QED) is 0.905. The van der Waals surface area contributed by atoms with Crippen LogP contribution in [0.1, 0.15) is 18.9 Å². The molecule has 2 rings (SSSR count). The normalized spacial score (nSPS) is 11.4. The smallest absolute Gasteiger partial charge is 0.243 e. The maximum absolute atomic E-state index is 11.7. The highest BCUT2D eigenvalue weighted by Crippen LogP contribution is 2.23. The van der Waals surface area contributed by atoms with E-state index in [-0.39, 0.29) is 5.91 Å². The predicted octanol–water partition coefficient (Wildman–Crippen LogP) is 2.79. The molecule has 4 nitrogen and oxygen atoms in total. The Hall–Kier alpha value is -1.72. The molecule has 3 N–H and O–H groups in total. The van der Waals surface area contributed by atoms with Gasteiger partial charge in [0.25, 0.3) is 0 Å². The van der Waals surface area contributed by atoms with Crippen LogP contribution in [-0.4, -0.2) is 16.4 Å². The second-order valence-corrected chi connectivity index (χ2v) is 6.07. The summed E-state index contributed by atoms with van der Waals surface area (Å²) >= 11 is 1.62. The largest absolute Gasteiger partial charge is 0.325 e. The zero-order chi connectivity index (χ0) is 14.0. The van der Waals surface area contributed by atoms with Crippen LogP contribution in [0.2, 0.25) is 0 Å². The summed E-state index contributed by atoms with van der Waals surface area (Å²) in [5.41, 5.74) is 7.58. The second-order valence-electron chi connectivity index (χ2n) is 5.00. The molecule has 5 heteroatoms. The molecule has 1 heterocycles. The molecule has 1 aromatic heterocycles. The average molecular weight is 275 g/mol. The Labute approximate surface area is 116 Å². The number of aromatic nitrogens is 1. The van der Waals surface area contributed by atoms with Crippen LogP contribution >= 0.6 is 11.3 Å². The minimum absolute atomic E-state index is 0.204. The summed E-state index contributed by atoms with van der Waals surface area (Å²) in [4.78, 5) is 16.2. The number of amides is 1. The number of carbonyl (C=O) groups is 1. The maximum Gasteiger partial charge on any atom is 0.243 e. The van der Waals surface area contributed by atoms with Gasteiger partial charge in [0.05, 0.1) is 16.2 Å². The van der Waals surface area contributed by atoms with Gasteiger partial charge in [-0.25, -0.2) is 4.98 Å².